The molecule has 4 aromatic rings. The Hall–Kier alpha value is -3.62. The van der Waals surface area contributed by atoms with Crippen LogP contribution in [0.15, 0.2) is 55.0 Å². The standard InChI is InChI=1S/C25H27N7O/c26-12-17-10-19(14-27-13-17)18-4-7-23-22(11-18)24(31-30-23)25(33)29-20-5-6-21(28-15-20)16-32-8-2-1-3-9-32/h4-7,10-11,13-15H,1-3,8-9,12,16,26H2,(H,29,33)(H,30,31). The first-order valence-corrected chi connectivity index (χ1v) is 11.3. The van der Waals surface area contributed by atoms with Crippen LogP contribution >= 0.6 is 0 Å². The van der Waals surface area contributed by atoms with Crippen LogP contribution in [-0.4, -0.2) is 44.1 Å². The van der Waals surface area contributed by atoms with Crippen molar-refractivity contribution >= 4 is 22.5 Å². The molecule has 0 unspecified atom stereocenters. The van der Waals surface area contributed by atoms with Gasteiger partial charge in [0.1, 0.15) is 0 Å². The van der Waals surface area contributed by atoms with Crippen LogP contribution in [0.4, 0.5) is 5.69 Å². The van der Waals surface area contributed by atoms with Crippen molar-refractivity contribution in [2.24, 2.45) is 5.73 Å². The number of nitrogens with zero attached hydrogens (tertiary/aromatic N) is 4. The van der Waals surface area contributed by atoms with Crippen molar-refractivity contribution < 1.29 is 4.79 Å². The second kappa shape index (κ2) is 9.48. The Balaban J connectivity index is 1.33. The molecule has 0 saturated carbocycles. The number of fused-ring (bicyclic) bond motifs is 1. The van der Waals surface area contributed by atoms with E-state index >= 15 is 0 Å². The van der Waals surface area contributed by atoms with Gasteiger partial charge in [0, 0.05) is 36.4 Å². The predicted octanol–water partition coefficient (Wildman–Crippen LogP) is 3.72. The summed E-state index contributed by atoms with van der Waals surface area (Å²) in [4.78, 5) is 24.2. The van der Waals surface area contributed by atoms with E-state index in [1.165, 1.54) is 19.3 Å². The molecule has 8 nitrogen and oxygen atoms in total. The van der Waals surface area contributed by atoms with Gasteiger partial charge in [-0.05, 0) is 67.4 Å². The molecule has 4 N–H and O–H groups in total. The number of anilines is 1. The van der Waals surface area contributed by atoms with E-state index in [1.807, 2.05) is 36.4 Å². The number of amides is 1. The van der Waals surface area contributed by atoms with Gasteiger partial charge in [-0.3, -0.25) is 24.8 Å². The molecule has 1 fully saturated rings. The highest BCUT2D eigenvalue weighted by atomic mass is 16.1. The average Bonchev–Trinajstić information content (AvgIpc) is 3.29. The summed E-state index contributed by atoms with van der Waals surface area (Å²) in [6.45, 7) is 3.52. The van der Waals surface area contributed by atoms with Crippen molar-refractivity contribution in [3.05, 3.63) is 71.9 Å². The van der Waals surface area contributed by atoms with E-state index in [0.29, 0.717) is 17.9 Å². The van der Waals surface area contributed by atoms with Crippen molar-refractivity contribution in [3.8, 4) is 11.1 Å². The van der Waals surface area contributed by atoms with Gasteiger partial charge in [-0.2, -0.15) is 5.10 Å². The fourth-order valence-corrected chi connectivity index (χ4v) is 4.25. The average molecular weight is 442 g/mol. The molecule has 3 aromatic heterocycles. The van der Waals surface area contributed by atoms with Crippen LogP contribution in [0.25, 0.3) is 22.0 Å². The lowest BCUT2D eigenvalue weighted by Gasteiger charge is -2.25. The normalized spacial score (nSPS) is 14.5. The first kappa shape index (κ1) is 21.2. The fraction of sp³-hybridized carbons (Fsp3) is 0.280. The van der Waals surface area contributed by atoms with E-state index in [4.69, 9.17) is 5.73 Å². The maximum atomic E-state index is 13.0. The van der Waals surface area contributed by atoms with Crippen molar-refractivity contribution in [2.45, 2.75) is 32.4 Å². The Morgan fingerprint density at radius 3 is 2.70 bits per heavy atom. The Labute approximate surface area is 192 Å². The predicted molar refractivity (Wildman–Crippen MR) is 129 cm³/mol. The molecule has 0 radical (unpaired) electrons. The van der Waals surface area contributed by atoms with Gasteiger partial charge in [0.25, 0.3) is 5.91 Å². The van der Waals surface area contributed by atoms with Gasteiger partial charge >= 0.3 is 0 Å². The van der Waals surface area contributed by atoms with Crippen LogP contribution in [0.5, 0.6) is 0 Å². The van der Waals surface area contributed by atoms with Crippen LogP contribution in [0, 0.1) is 0 Å². The molecule has 168 valence electrons. The number of aromatic amines is 1. The summed E-state index contributed by atoms with van der Waals surface area (Å²) >= 11 is 0. The van der Waals surface area contributed by atoms with Gasteiger partial charge in [0.15, 0.2) is 5.69 Å². The van der Waals surface area contributed by atoms with Crippen molar-refractivity contribution in [1.29, 1.82) is 0 Å². The molecular weight excluding hydrogens is 414 g/mol. The van der Waals surface area contributed by atoms with Crippen molar-refractivity contribution in [3.63, 3.8) is 0 Å². The third kappa shape index (κ3) is 4.76. The number of hydrogen-bond donors (Lipinski definition) is 3. The number of benzene rings is 1. The Morgan fingerprint density at radius 1 is 1.03 bits per heavy atom. The molecule has 0 spiro atoms. The maximum Gasteiger partial charge on any atom is 0.276 e. The molecule has 33 heavy (non-hydrogen) atoms. The monoisotopic (exact) mass is 441 g/mol. The van der Waals surface area contributed by atoms with Gasteiger partial charge < -0.3 is 11.1 Å². The minimum Gasteiger partial charge on any atom is -0.326 e. The van der Waals surface area contributed by atoms with E-state index in [2.05, 4.69) is 30.4 Å². The number of rotatable bonds is 6. The number of likely N-dealkylation sites (tertiary alicyclic amines) is 1. The third-order valence-corrected chi connectivity index (χ3v) is 6.06. The second-order valence-electron chi connectivity index (χ2n) is 8.45. The zero-order valence-corrected chi connectivity index (χ0v) is 18.4. The van der Waals surface area contributed by atoms with Crippen LogP contribution in [0.2, 0.25) is 0 Å². The van der Waals surface area contributed by atoms with Gasteiger partial charge in [-0.1, -0.05) is 12.5 Å². The lowest BCUT2D eigenvalue weighted by Crippen LogP contribution is -2.29. The van der Waals surface area contributed by atoms with Crippen LogP contribution in [-0.2, 0) is 13.1 Å². The summed E-state index contributed by atoms with van der Waals surface area (Å²) in [5.74, 6) is -0.280. The smallest absolute Gasteiger partial charge is 0.276 e. The van der Waals surface area contributed by atoms with E-state index in [0.717, 1.165) is 52.9 Å². The SMILES string of the molecule is NCc1cncc(-c2ccc3[nH]nc(C(=O)Nc4ccc(CN5CCCCC5)nc4)c3c2)c1. The number of aromatic nitrogens is 4. The second-order valence-corrected chi connectivity index (χ2v) is 8.45. The number of pyridine rings is 2. The maximum absolute atomic E-state index is 13.0. The Bertz CT molecular complexity index is 1260. The zero-order chi connectivity index (χ0) is 22.6. The summed E-state index contributed by atoms with van der Waals surface area (Å²) in [5, 5.41) is 10.9. The highest BCUT2D eigenvalue weighted by Gasteiger charge is 2.16. The summed E-state index contributed by atoms with van der Waals surface area (Å²) in [7, 11) is 0. The van der Waals surface area contributed by atoms with E-state index in [1.54, 1.807) is 18.6 Å². The molecule has 0 atom stereocenters. The molecule has 1 saturated heterocycles. The van der Waals surface area contributed by atoms with Gasteiger partial charge in [-0.25, -0.2) is 0 Å². The summed E-state index contributed by atoms with van der Waals surface area (Å²) < 4.78 is 0. The molecule has 0 bridgehead atoms. The lowest BCUT2D eigenvalue weighted by molar-refractivity contribution is 0.102. The summed E-state index contributed by atoms with van der Waals surface area (Å²) in [6.07, 6.45) is 9.07. The van der Waals surface area contributed by atoms with E-state index < -0.39 is 0 Å². The van der Waals surface area contributed by atoms with Crippen molar-refractivity contribution in [2.75, 3.05) is 18.4 Å². The number of hydrogen-bond acceptors (Lipinski definition) is 6. The minimum atomic E-state index is -0.280. The molecule has 1 amide bonds. The lowest BCUT2D eigenvalue weighted by atomic mass is 10.0. The number of carbonyl (C=O) groups excluding carboxylic acids is 1. The third-order valence-electron chi connectivity index (χ3n) is 6.06. The number of nitrogens with two attached hydrogens (primary N) is 1. The molecule has 1 aromatic carbocycles. The van der Waals surface area contributed by atoms with E-state index in [9.17, 15) is 4.79 Å². The molecule has 5 rings (SSSR count). The summed E-state index contributed by atoms with van der Waals surface area (Å²) in [5.41, 5.74) is 11.4. The Kier molecular flexibility index (Phi) is 6.10. The van der Waals surface area contributed by atoms with Gasteiger partial charge in [0.05, 0.1) is 23.1 Å². The fourth-order valence-electron chi connectivity index (χ4n) is 4.25. The van der Waals surface area contributed by atoms with Gasteiger partial charge in [-0.15, -0.1) is 0 Å². The molecule has 0 aliphatic carbocycles. The quantitative estimate of drug-likeness (QED) is 0.420. The number of nitrogens with one attached hydrogen (secondary N) is 2. The molecule has 8 heteroatoms. The van der Waals surface area contributed by atoms with E-state index in [-0.39, 0.29) is 5.91 Å². The molecule has 1 aliphatic heterocycles. The zero-order valence-electron chi connectivity index (χ0n) is 18.4. The van der Waals surface area contributed by atoms with Crippen molar-refractivity contribution in [1.82, 2.24) is 25.1 Å². The number of H-pyrrole nitrogens is 1. The number of carbonyl (C=O) groups is 1. The topological polar surface area (TPSA) is 113 Å². The molecular formula is C25H27N7O. The highest BCUT2D eigenvalue weighted by Crippen LogP contribution is 2.26. The molecule has 4 heterocycles. The number of piperidine rings is 1. The summed E-state index contributed by atoms with van der Waals surface area (Å²) in [6, 6.07) is 11.7. The highest BCUT2D eigenvalue weighted by molar-refractivity contribution is 6.11. The first-order valence-electron chi connectivity index (χ1n) is 11.3. The molecule has 1 aliphatic rings. The first-order chi connectivity index (χ1) is 16.2. The minimum absolute atomic E-state index is 0.280. The van der Waals surface area contributed by atoms with Gasteiger partial charge in [0.2, 0.25) is 0 Å². The van der Waals surface area contributed by atoms with Crippen LogP contribution in [0.1, 0.15) is 41.0 Å². The largest absolute Gasteiger partial charge is 0.326 e. The van der Waals surface area contributed by atoms with Crippen LogP contribution in [0.3, 0.4) is 0 Å². The Morgan fingerprint density at radius 2 is 1.91 bits per heavy atom. The van der Waals surface area contributed by atoms with Crippen LogP contribution < -0.4 is 11.1 Å².